The molecule has 9 heteroatoms. The number of fused-ring (bicyclic) bond motifs is 1. The van der Waals surface area contributed by atoms with Gasteiger partial charge in [0.2, 0.25) is 10.0 Å². The van der Waals surface area contributed by atoms with Gasteiger partial charge in [0.1, 0.15) is 17.2 Å². The first-order valence-electron chi connectivity index (χ1n) is 8.51. The van der Waals surface area contributed by atoms with E-state index in [1.54, 1.807) is 19.9 Å². The molecule has 0 saturated heterocycles. The van der Waals surface area contributed by atoms with Gasteiger partial charge in [0.05, 0.1) is 10.9 Å². The van der Waals surface area contributed by atoms with Gasteiger partial charge >= 0.3 is 6.03 Å². The molecule has 2 aromatic carbocycles. The van der Waals surface area contributed by atoms with Gasteiger partial charge in [-0.2, -0.15) is 0 Å². The van der Waals surface area contributed by atoms with Crippen LogP contribution in [0.1, 0.15) is 24.3 Å². The minimum Gasteiger partial charge on any atom is -0.459 e. The number of hydrogen-bond donors (Lipinski definition) is 3. The fraction of sp³-hybridized carbons (Fsp3) is 0.211. The first-order chi connectivity index (χ1) is 13.2. The number of furan rings is 1. The fourth-order valence-electron chi connectivity index (χ4n) is 2.89. The van der Waals surface area contributed by atoms with Gasteiger partial charge in [-0.25, -0.2) is 22.3 Å². The SMILES string of the molecule is CNS(=O)(=O)c1ccc(NC(=O)NC(C)c2oc3ccc(F)cc3c2C)cc1. The van der Waals surface area contributed by atoms with Gasteiger partial charge in [-0.1, -0.05) is 0 Å². The number of rotatable bonds is 5. The van der Waals surface area contributed by atoms with Crippen molar-refractivity contribution >= 4 is 32.7 Å². The molecular formula is C19H20FN3O4S. The van der Waals surface area contributed by atoms with Crippen LogP contribution in [0, 0.1) is 12.7 Å². The van der Waals surface area contributed by atoms with Crippen molar-refractivity contribution in [3.05, 3.63) is 59.6 Å². The lowest BCUT2D eigenvalue weighted by atomic mass is 10.1. The zero-order valence-electron chi connectivity index (χ0n) is 15.5. The van der Waals surface area contributed by atoms with Crippen molar-refractivity contribution < 1.29 is 22.0 Å². The second kappa shape index (κ2) is 7.61. The third-order valence-electron chi connectivity index (χ3n) is 4.37. The number of sulfonamides is 1. The average Bonchev–Trinajstić information content (AvgIpc) is 2.98. The van der Waals surface area contributed by atoms with Crippen LogP contribution in [0.25, 0.3) is 11.0 Å². The summed E-state index contributed by atoms with van der Waals surface area (Å²) in [6, 6.07) is 9.08. The molecule has 0 spiro atoms. The molecule has 1 unspecified atom stereocenters. The van der Waals surface area contributed by atoms with Gasteiger partial charge in [0.25, 0.3) is 0 Å². The van der Waals surface area contributed by atoms with Crippen molar-refractivity contribution in [2.45, 2.75) is 24.8 Å². The smallest absolute Gasteiger partial charge is 0.319 e. The largest absolute Gasteiger partial charge is 0.459 e. The minimum absolute atomic E-state index is 0.0967. The van der Waals surface area contributed by atoms with Crippen LogP contribution < -0.4 is 15.4 Å². The van der Waals surface area contributed by atoms with Crippen molar-refractivity contribution in [2.75, 3.05) is 12.4 Å². The average molecular weight is 405 g/mol. The Bertz CT molecular complexity index is 1120. The summed E-state index contributed by atoms with van der Waals surface area (Å²) in [6.45, 7) is 3.56. The zero-order valence-corrected chi connectivity index (χ0v) is 16.4. The molecule has 0 saturated carbocycles. The fourth-order valence-corrected chi connectivity index (χ4v) is 3.62. The molecule has 3 rings (SSSR count). The van der Waals surface area contributed by atoms with Gasteiger partial charge in [-0.05, 0) is 63.4 Å². The Kier molecular flexibility index (Phi) is 5.39. The van der Waals surface area contributed by atoms with E-state index >= 15 is 0 Å². The van der Waals surface area contributed by atoms with Crippen LogP contribution in [0.4, 0.5) is 14.9 Å². The summed E-state index contributed by atoms with van der Waals surface area (Å²) in [5, 5.41) is 6.04. The van der Waals surface area contributed by atoms with Crippen molar-refractivity contribution in [1.82, 2.24) is 10.0 Å². The molecule has 0 aliphatic carbocycles. The lowest BCUT2D eigenvalue weighted by molar-refractivity contribution is 0.248. The highest BCUT2D eigenvalue weighted by Gasteiger charge is 2.19. The summed E-state index contributed by atoms with van der Waals surface area (Å²) in [5.74, 6) is 0.177. The molecule has 0 aliphatic rings. The third kappa shape index (κ3) is 4.00. The number of benzene rings is 2. The van der Waals surface area contributed by atoms with Crippen molar-refractivity contribution in [1.29, 1.82) is 0 Å². The monoisotopic (exact) mass is 405 g/mol. The Labute approximate surface area is 162 Å². The minimum atomic E-state index is -3.54. The molecule has 3 aromatic rings. The summed E-state index contributed by atoms with van der Waals surface area (Å²) in [4.78, 5) is 12.4. The maximum absolute atomic E-state index is 13.4. The highest BCUT2D eigenvalue weighted by Crippen LogP contribution is 2.30. The van der Waals surface area contributed by atoms with E-state index < -0.39 is 22.1 Å². The predicted octanol–water partition coefficient (Wildman–Crippen LogP) is 3.67. The number of carbonyl (C=O) groups is 1. The van der Waals surface area contributed by atoms with Crippen LogP contribution >= 0.6 is 0 Å². The topological polar surface area (TPSA) is 100 Å². The van der Waals surface area contributed by atoms with Crippen LogP contribution in [0.15, 0.2) is 51.8 Å². The number of amides is 2. The molecule has 2 amide bonds. The molecule has 0 radical (unpaired) electrons. The number of aryl methyl sites for hydroxylation is 1. The molecular weight excluding hydrogens is 385 g/mol. The number of urea groups is 1. The molecule has 1 aromatic heterocycles. The second-order valence-corrected chi connectivity index (χ2v) is 8.17. The lowest BCUT2D eigenvalue weighted by Gasteiger charge is -2.14. The number of anilines is 1. The van der Waals surface area contributed by atoms with Crippen LogP contribution in [-0.4, -0.2) is 21.5 Å². The number of nitrogens with one attached hydrogen (secondary N) is 3. The van der Waals surface area contributed by atoms with Crippen LogP contribution in [0.2, 0.25) is 0 Å². The Morgan fingerprint density at radius 1 is 1.14 bits per heavy atom. The summed E-state index contributed by atoms with van der Waals surface area (Å²) >= 11 is 0. The van der Waals surface area contributed by atoms with Gasteiger partial charge in [0, 0.05) is 16.6 Å². The van der Waals surface area contributed by atoms with Gasteiger partial charge in [-0.15, -0.1) is 0 Å². The lowest BCUT2D eigenvalue weighted by Crippen LogP contribution is -2.31. The zero-order chi connectivity index (χ0) is 20.5. The van der Waals surface area contributed by atoms with Gasteiger partial charge < -0.3 is 15.1 Å². The molecule has 1 heterocycles. The standard InChI is InChI=1S/C19H20FN3O4S/c1-11-16-10-13(20)4-9-17(16)27-18(11)12(2)22-19(24)23-14-5-7-15(8-6-14)28(25,26)21-3/h4-10,12,21H,1-3H3,(H2,22,23,24). The molecule has 3 N–H and O–H groups in total. The Balaban J connectivity index is 1.70. The van der Waals surface area contributed by atoms with Gasteiger partial charge in [-0.3, -0.25) is 0 Å². The van der Waals surface area contributed by atoms with E-state index in [2.05, 4.69) is 15.4 Å². The third-order valence-corrected chi connectivity index (χ3v) is 5.80. The normalized spacial score (nSPS) is 12.7. The highest BCUT2D eigenvalue weighted by molar-refractivity contribution is 7.89. The summed E-state index contributed by atoms with van der Waals surface area (Å²) in [5.41, 5.74) is 1.73. The molecule has 0 fully saturated rings. The molecule has 1 atom stereocenters. The van der Waals surface area contributed by atoms with E-state index in [-0.39, 0.29) is 10.7 Å². The Hall–Kier alpha value is -2.91. The first-order valence-corrected chi connectivity index (χ1v) is 9.99. The van der Waals surface area contributed by atoms with Crippen LogP contribution in [0.5, 0.6) is 0 Å². The molecule has 0 aliphatic heterocycles. The Morgan fingerprint density at radius 2 is 1.82 bits per heavy atom. The number of carbonyl (C=O) groups excluding carboxylic acids is 1. The van der Waals surface area contributed by atoms with E-state index in [9.17, 15) is 17.6 Å². The number of halogens is 1. The van der Waals surface area contributed by atoms with Crippen molar-refractivity contribution in [3.63, 3.8) is 0 Å². The van der Waals surface area contributed by atoms with E-state index in [0.717, 1.165) is 5.56 Å². The maximum atomic E-state index is 13.4. The summed E-state index contributed by atoms with van der Waals surface area (Å²) in [7, 11) is -2.21. The van der Waals surface area contributed by atoms with E-state index in [0.29, 0.717) is 22.4 Å². The summed E-state index contributed by atoms with van der Waals surface area (Å²) < 4.78 is 44.8. The van der Waals surface area contributed by atoms with E-state index in [1.165, 1.54) is 43.4 Å². The Morgan fingerprint density at radius 3 is 2.46 bits per heavy atom. The highest BCUT2D eigenvalue weighted by atomic mass is 32.2. The number of hydrogen-bond acceptors (Lipinski definition) is 4. The maximum Gasteiger partial charge on any atom is 0.319 e. The second-order valence-electron chi connectivity index (χ2n) is 6.28. The molecule has 0 bridgehead atoms. The van der Waals surface area contributed by atoms with Crippen molar-refractivity contribution in [2.24, 2.45) is 0 Å². The van der Waals surface area contributed by atoms with Crippen LogP contribution in [-0.2, 0) is 10.0 Å². The summed E-state index contributed by atoms with van der Waals surface area (Å²) in [6.07, 6.45) is 0. The quantitative estimate of drug-likeness (QED) is 0.603. The van der Waals surface area contributed by atoms with Gasteiger partial charge in [0.15, 0.2) is 0 Å². The first kappa shape index (κ1) is 19.8. The van der Waals surface area contributed by atoms with E-state index in [1.807, 2.05) is 0 Å². The molecule has 148 valence electrons. The van der Waals surface area contributed by atoms with Crippen LogP contribution in [0.3, 0.4) is 0 Å². The molecule has 7 nitrogen and oxygen atoms in total. The molecule has 28 heavy (non-hydrogen) atoms. The predicted molar refractivity (Wildman–Crippen MR) is 104 cm³/mol. The van der Waals surface area contributed by atoms with Crippen molar-refractivity contribution in [3.8, 4) is 0 Å². The van der Waals surface area contributed by atoms with E-state index in [4.69, 9.17) is 4.42 Å².